The molecule has 0 aromatic heterocycles. The lowest BCUT2D eigenvalue weighted by molar-refractivity contribution is 1.77. The second kappa shape index (κ2) is 4.32. The summed E-state index contributed by atoms with van der Waals surface area (Å²) in [6, 6.07) is 31.6. The van der Waals surface area contributed by atoms with Crippen LogP contribution in [-0.2, 0) is 0 Å². The third-order valence-electron chi connectivity index (χ3n) is 4.52. The predicted octanol–water partition coefficient (Wildman–Crippen LogP) is 6.10. The van der Waals surface area contributed by atoms with E-state index in [-0.39, 0.29) is 0 Å². The molecule has 0 fully saturated rings. The molecule has 0 aliphatic carbocycles. The van der Waals surface area contributed by atoms with E-state index >= 15 is 0 Å². The maximum atomic E-state index is 3.32. The van der Waals surface area contributed by atoms with E-state index < -0.39 is 0 Å². The normalized spacial score (nSPS) is 11.6. The van der Waals surface area contributed by atoms with Gasteiger partial charge in [0.2, 0.25) is 0 Å². The first-order valence-electron chi connectivity index (χ1n) is 7.55. The number of benzene rings is 5. The quantitative estimate of drug-likeness (QED) is 0.237. The fourth-order valence-corrected chi connectivity index (χ4v) is 3.44. The Kier molecular flexibility index (Phi) is 2.31. The highest BCUT2D eigenvalue weighted by Crippen LogP contribution is 2.33. The largest absolute Gasteiger partial charge is 0.0616 e. The van der Waals surface area contributed by atoms with Crippen molar-refractivity contribution in [3.05, 3.63) is 84.9 Å². The molecule has 0 nitrogen and oxygen atoms in total. The predicted molar refractivity (Wildman–Crippen MR) is 95.3 cm³/mol. The summed E-state index contributed by atoms with van der Waals surface area (Å²) in [6.07, 6.45) is 0. The second-order valence-corrected chi connectivity index (χ2v) is 5.78. The maximum absolute atomic E-state index is 3.32. The molecule has 0 heteroatoms. The summed E-state index contributed by atoms with van der Waals surface area (Å²) in [4.78, 5) is 0. The number of fused-ring (bicyclic) bond motifs is 6. The van der Waals surface area contributed by atoms with Crippen molar-refractivity contribution in [3.8, 4) is 0 Å². The molecule has 0 aliphatic rings. The van der Waals surface area contributed by atoms with Gasteiger partial charge in [0.25, 0.3) is 0 Å². The molecule has 101 valence electrons. The lowest BCUT2D eigenvalue weighted by Gasteiger charge is -2.09. The molecular formula is C22H13. The van der Waals surface area contributed by atoms with Crippen LogP contribution < -0.4 is 0 Å². The van der Waals surface area contributed by atoms with Gasteiger partial charge in [-0.3, -0.25) is 0 Å². The van der Waals surface area contributed by atoms with Crippen LogP contribution in [0.4, 0.5) is 0 Å². The molecular weight excluding hydrogens is 264 g/mol. The Hall–Kier alpha value is -2.86. The van der Waals surface area contributed by atoms with E-state index in [1.807, 2.05) is 6.07 Å². The van der Waals surface area contributed by atoms with Gasteiger partial charge in [0.1, 0.15) is 0 Å². The third kappa shape index (κ3) is 1.58. The van der Waals surface area contributed by atoms with Crippen LogP contribution in [0.2, 0.25) is 0 Å². The van der Waals surface area contributed by atoms with Gasteiger partial charge < -0.3 is 0 Å². The summed E-state index contributed by atoms with van der Waals surface area (Å²) < 4.78 is 0. The zero-order valence-corrected chi connectivity index (χ0v) is 12.0. The van der Waals surface area contributed by atoms with Crippen molar-refractivity contribution in [2.75, 3.05) is 0 Å². The Morgan fingerprint density at radius 1 is 0.500 bits per heavy atom. The molecule has 1 radical (unpaired) electrons. The SMILES string of the molecule is [c]1cccc2c1ccc1c3cc4ccccc4cc3ccc21. The minimum absolute atomic E-state index is 1.18. The van der Waals surface area contributed by atoms with Crippen molar-refractivity contribution in [3.63, 3.8) is 0 Å². The molecule has 0 spiro atoms. The van der Waals surface area contributed by atoms with E-state index in [0.717, 1.165) is 0 Å². The summed E-state index contributed by atoms with van der Waals surface area (Å²) >= 11 is 0. The minimum Gasteiger partial charge on any atom is -0.0616 e. The Balaban J connectivity index is 2.02. The highest BCUT2D eigenvalue weighted by atomic mass is 14.1. The lowest BCUT2D eigenvalue weighted by Crippen LogP contribution is -1.82. The Morgan fingerprint density at radius 3 is 2.18 bits per heavy atom. The van der Waals surface area contributed by atoms with E-state index in [9.17, 15) is 0 Å². The molecule has 0 heterocycles. The number of rotatable bonds is 0. The molecule has 0 saturated carbocycles. The number of hydrogen-bond donors (Lipinski definition) is 0. The first-order valence-corrected chi connectivity index (χ1v) is 7.55. The van der Waals surface area contributed by atoms with Gasteiger partial charge in [0.15, 0.2) is 0 Å². The van der Waals surface area contributed by atoms with Gasteiger partial charge in [-0.1, -0.05) is 66.7 Å². The van der Waals surface area contributed by atoms with E-state index in [1.165, 1.54) is 43.1 Å². The van der Waals surface area contributed by atoms with Crippen LogP contribution in [0.1, 0.15) is 0 Å². The molecule has 0 unspecified atom stereocenters. The molecule has 0 bridgehead atoms. The fourth-order valence-electron chi connectivity index (χ4n) is 3.44. The minimum atomic E-state index is 1.18. The van der Waals surface area contributed by atoms with Gasteiger partial charge in [0, 0.05) is 0 Å². The van der Waals surface area contributed by atoms with Crippen molar-refractivity contribution in [2.45, 2.75) is 0 Å². The van der Waals surface area contributed by atoms with Crippen molar-refractivity contribution in [2.24, 2.45) is 0 Å². The van der Waals surface area contributed by atoms with Crippen molar-refractivity contribution < 1.29 is 0 Å². The summed E-state index contributed by atoms with van der Waals surface area (Å²) in [6.45, 7) is 0. The van der Waals surface area contributed by atoms with Gasteiger partial charge in [-0.15, -0.1) is 0 Å². The van der Waals surface area contributed by atoms with Gasteiger partial charge in [-0.05, 0) is 61.3 Å². The number of hydrogen-bond acceptors (Lipinski definition) is 0. The molecule has 22 heavy (non-hydrogen) atoms. The Morgan fingerprint density at radius 2 is 1.27 bits per heavy atom. The molecule has 0 aliphatic heterocycles. The van der Waals surface area contributed by atoms with Gasteiger partial charge in [0.05, 0.1) is 0 Å². The molecule has 5 aromatic rings. The van der Waals surface area contributed by atoms with Crippen LogP contribution in [0.25, 0.3) is 43.1 Å². The smallest absolute Gasteiger partial charge is 0.00987 e. The van der Waals surface area contributed by atoms with E-state index in [0.29, 0.717) is 0 Å². The molecule has 0 saturated heterocycles. The Bertz CT molecular complexity index is 1160. The zero-order valence-electron chi connectivity index (χ0n) is 12.0. The van der Waals surface area contributed by atoms with E-state index in [1.54, 1.807) is 0 Å². The first kappa shape index (κ1) is 11.8. The zero-order chi connectivity index (χ0) is 14.5. The van der Waals surface area contributed by atoms with Crippen molar-refractivity contribution in [1.82, 2.24) is 0 Å². The van der Waals surface area contributed by atoms with Gasteiger partial charge >= 0.3 is 0 Å². The maximum Gasteiger partial charge on any atom is -0.00987 e. The summed E-state index contributed by atoms with van der Waals surface area (Å²) in [5, 5.41) is 10.3. The molecule has 0 atom stereocenters. The highest BCUT2D eigenvalue weighted by molar-refractivity contribution is 6.19. The van der Waals surface area contributed by atoms with Crippen molar-refractivity contribution >= 4 is 43.1 Å². The van der Waals surface area contributed by atoms with Crippen molar-refractivity contribution in [1.29, 1.82) is 0 Å². The monoisotopic (exact) mass is 277 g/mol. The highest BCUT2D eigenvalue weighted by Gasteiger charge is 2.05. The third-order valence-corrected chi connectivity index (χ3v) is 4.52. The van der Waals surface area contributed by atoms with Gasteiger partial charge in [-0.2, -0.15) is 0 Å². The van der Waals surface area contributed by atoms with Crippen LogP contribution in [0, 0.1) is 6.07 Å². The van der Waals surface area contributed by atoms with Crippen LogP contribution >= 0.6 is 0 Å². The average molecular weight is 277 g/mol. The van der Waals surface area contributed by atoms with Crippen LogP contribution in [-0.4, -0.2) is 0 Å². The van der Waals surface area contributed by atoms with Crippen LogP contribution in [0.15, 0.2) is 78.9 Å². The van der Waals surface area contributed by atoms with E-state index in [4.69, 9.17) is 0 Å². The molecule has 0 amide bonds. The summed E-state index contributed by atoms with van der Waals surface area (Å²) in [5.74, 6) is 0. The summed E-state index contributed by atoms with van der Waals surface area (Å²) in [5.41, 5.74) is 0. The van der Waals surface area contributed by atoms with E-state index in [2.05, 4.69) is 78.9 Å². The standard InChI is InChI=1S/C22H13/c1-2-7-17-14-22-18(13-16(17)6-1)10-12-20-19-8-4-3-5-15(19)9-11-21(20)22/h1-4,6-14H. The first-order chi connectivity index (χ1) is 10.9. The van der Waals surface area contributed by atoms with Crippen LogP contribution in [0.3, 0.4) is 0 Å². The second-order valence-electron chi connectivity index (χ2n) is 5.78. The Labute approximate surface area is 128 Å². The molecule has 5 rings (SSSR count). The summed E-state index contributed by atoms with van der Waals surface area (Å²) in [7, 11) is 0. The average Bonchev–Trinajstić information content (AvgIpc) is 2.59. The lowest BCUT2D eigenvalue weighted by atomic mass is 9.95. The topological polar surface area (TPSA) is 0 Å². The fraction of sp³-hybridized carbons (Fsp3) is 0. The molecule has 0 N–H and O–H groups in total. The van der Waals surface area contributed by atoms with Crippen LogP contribution in [0.5, 0.6) is 0 Å². The van der Waals surface area contributed by atoms with Gasteiger partial charge in [-0.25, -0.2) is 0 Å². The molecule has 5 aromatic carbocycles.